The van der Waals surface area contributed by atoms with E-state index in [1.807, 2.05) is 48.5 Å². The number of aryl methyl sites for hydroxylation is 1. The number of fused-ring (bicyclic) bond motifs is 1. The van der Waals surface area contributed by atoms with Crippen LogP contribution in [0.2, 0.25) is 0 Å². The van der Waals surface area contributed by atoms with Crippen molar-refractivity contribution in [2.45, 2.75) is 39.3 Å². The maximum atomic E-state index is 13.5. The van der Waals surface area contributed by atoms with Gasteiger partial charge in [-0.25, -0.2) is 4.98 Å². The molecule has 5 nitrogen and oxygen atoms in total. The van der Waals surface area contributed by atoms with Crippen LogP contribution in [0.5, 0.6) is 0 Å². The molecule has 0 radical (unpaired) electrons. The van der Waals surface area contributed by atoms with Gasteiger partial charge in [0.15, 0.2) is 0 Å². The third-order valence-electron chi connectivity index (χ3n) is 4.76. The van der Waals surface area contributed by atoms with Gasteiger partial charge >= 0.3 is 0 Å². The average molecular weight is 370 g/mol. The normalized spacial score (nSPS) is 12.4. The number of hydrogen-bond acceptors (Lipinski definition) is 4. The third kappa shape index (κ3) is 4.22. The minimum absolute atomic E-state index is 0.396. The van der Waals surface area contributed by atoms with E-state index in [4.69, 9.17) is 5.73 Å². The lowest BCUT2D eigenvalue weighted by Gasteiger charge is -2.28. The molecule has 6 heteroatoms. The highest BCUT2D eigenvalue weighted by molar-refractivity contribution is 5.76. The second-order valence-electron chi connectivity index (χ2n) is 6.70. The van der Waals surface area contributed by atoms with Gasteiger partial charge in [-0.3, -0.25) is 0 Å². The monoisotopic (exact) mass is 370 g/mol. The Balaban J connectivity index is 1.86. The van der Waals surface area contributed by atoms with E-state index in [2.05, 4.69) is 33.2 Å². The Hall–Kier alpha value is -2.60. The summed E-state index contributed by atoms with van der Waals surface area (Å²) in [7, 11) is 0. The summed E-state index contributed by atoms with van der Waals surface area (Å²) in [5, 5.41) is 0. The number of nitrogen functional groups attached to an aromatic ring is 1. The van der Waals surface area contributed by atoms with Gasteiger partial charge in [0.2, 0.25) is 0 Å². The van der Waals surface area contributed by atoms with Crippen LogP contribution in [0.3, 0.4) is 0 Å². The number of rotatable bonds is 9. The second kappa shape index (κ2) is 8.86. The summed E-state index contributed by atoms with van der Waals surface area (Å²) in [6.07, 6.45) is 1.08. The standard InChI is InChI=1S/C21H27FN4O/c1-3-13-25(19-11-7-5-9-17(19)23)14-16(27-22)15-26-20-12-8-6-10-18(20)24-21(26)4-2/h5-12,16H,3-4,13-15,23H2,1-2H3. The van der Waals surface area contributed by atoms with Crippen LogP contribution >= 0.6 is 0 Å². The van der Waals surface area contributed by atoms with Crippen molar-refractivity contribution in [1.29, 1.82) is 0 Å². The van der Waals surface area contributed by atoms with E-state index in [1.165, 1.54) is 0 Å². The Morgan fingerprint density at radius 2 is 1.89 bits per heavy atom. The lowest BCUT2D eigenvalue weighted by molar-refractivity contribution is -0.179. The molecule has 0 saturated carbocycles. The van der Waals surface area contributed by atoms with Gasteiger partial charge < -0.3 is 15.2 Å². The fourth-order valence-corrected chi connectivity index (χ4v) is 3.52. The Bertz CT molecular complexity index is 879. The van der Waals surface area contributed by atoms with Crippen LogP contribution in [0.15, 0.2) is 48.5 Å². The average Bonchev–Trinajstić information content (AvgIpc) is 3.05. The first-order chi connectivity index (χ1) is 13.2. The zero-order chi connectivity index (χ0) is 19.2. The maximum absolute atomic E-state index is 13.5. The van der Waals surface area contributed by atoms with Crippen LogP contribution < -0.4 is 10.6 Å². The zero-order valence-electron chi connectivity index (χ0n) is 15.9. The molecule has 144 valence electrons. The molecule has 0 saturated heterocycles. The molecule has 0 aliphatic rings. The Labute approximate surface area is 159 Å². The summed E-state index contributed by atoms with van der Waals surface area (Å²) in [5.74, 6) is 0.930. The van der Waals surface area contributed by atoms with Gasteiger partial charge in [0.1, 0.15) is 11.9 Å². The number of para-hydroxylation sites is 4. The molecule has 1 aromatic heterocycles. The highest BCUT2D eigenvalue weighted by Crippen LogP contribution is 2.24. The maximum Gasteiger partial charge on any atom is 0.134 e. The molecule has 27 heavy (non-hydrogen) atoms. The second-order valence-corrected chi connectivity index (χ2v) is 6.70. The number of imidazole rings is 1. The van der Waals surface area contributed by atoms with Gasteiger partial charge in [-0.1, -0.05) is 38.1 Å². The summed E-state index contributed by atoms with van der Waals surface area (Å²) in [6, 6.07) is 15.6. The molecule has 1 unspecified atom stereocenters. The van der Waals surface area contributed by atoms with Crippen molar-refractivity contribution in [1.82, 2.24) is 9.55 Å². The molecular weight excluding hydrogens is 343 g/mol. The molecule has 2 N–H and O–H groups in total. The van der Waals surface area contributed by atoms with Crippen molar-refractivity contribution in [3.63, 3.8) is 0 Å². The van der Waals surface area contributed by atoms with Crippen LogP contribution in [0.4, 0.5) is 15.9 Å². The van der Waals surface area contributed by atoms with Crippen molar-refractivity contribution in [3.05, 3.63) is 54.4 Å². The minimum Gasteiger partial charge on any atom is -0.397 e. The summed E-state index contributed by atoms with van der Waals surface area (Å²) < 4.78 is 15.6. The van der Waals surface area contributed by atoms with Crippen molar-refractivity contribution >= 4 is 22.4 Å². The highest BCUT2D eigenvalue weighted by atomic mass is 19.3. The van der Waals surface area contributed by atoms with Crippen LogP contribution in [0.25, 0.3) is 11.0 Å². The quantitative estimate of drug-likeness (QED) is 0.568. The number of hydrogen-bond donors (Lipinski definition) is 1. The Kier molecular flexibility index (Phi) is 6.29. The number of nitrogens with zero attached hydrogens (tertiary/aromatic N) is 3. The number of anilines is 2. The topological polar surface area (TPSA) is 56.3 Å². The van der Waals surface area contributed by atoms with E-state index in [0.717, 1.165) is 41.9 Å². The smallest absolute Gasteiger partial charge is 0.134 e. The minimum atomic E-state index is -0.626. The lowest BCUT2D eigenvalue weighted by atomic mass is 10.2. The van der Waals surface area contributed by atoms with E-state index < -0.39 is 6.10 Å². The first-order valence-electron chi connectivity index (χ1n) is 9.48. The molecular formula is C21H27FN4O. The van der Waals surface area contributed by atoms with Crippen molar-refractivity contribution in [3.8, 4) is 0 Å². The van der Waals surface area contributed by atoms with Crippen molar-refractivity contribution < 1.29 is 9.47 Å². The van der Waals surface area contributed by atoms with Crippen molar-refractivity contribution in [2.24, 2.45) is 0 Å². The molecule has 0 aliphatic heterocycles. The van der Waals surface area contributed by atoms with Crippen LogP contribution in [-0.4, -0.2) is 28.7 Å². The predicted molar refractivity (Wildman–Crippen MR) is 108 cm³/mol. The SMILES string of the molecule is CCCN(CC(Cn1c(CC)nc2ccccc21)OF)c1ccccc1N. The molecule has 0 amide bonds. The fourth-order valence-electron chi connectivity index (χ4n) is 3.52. The van der Waals surface area contributed by atoms with Gasteiger partial charge in [-0.05, 0) is 35.2 Å². The summed E-state index contributed by atoms with van der Waals surface area (Å²) in [6.45, 7) is 5.73. The van der Waals surface area contributed by atoms with E-state index >= 15 is 0 Å². The van der Waals surface area contributed by atoms with E-state index in [-0.39, 0.29) is 0 Å². The molecule has 3 rings (SSSR count). The van der Waals surface area contributed by atoms with Gasteiger partial charge in [0, 0.05) is 19.5 Å². The van der Waals surface area contributed by atoms with Crippen LogP contribution in [-0.2, 0) is 17.9 Å². The van der Waals surface area contributed by atoms with Gasteiger partial charge in [-0.2, -0.15) is 4.94 Å². The molecule has 0 spiro atoms. The number of halogens is 1. The van der Waals surface area contributed by atoms with Gasteiger partial charge in [0.25, 0.3) is 0 Å². The Morgan fingerprint density at radius 3 is 2.59 bits per heavy atom. The molecule has 3 aromatic rings. The third-order valence-corrected chi connectivity index (χ3v) is 4.76. The number of nitrogens with two attached hydrogens (primary N) is 1. The first-order valence-corrected chi connectivity index (χ1v) is 9.48. The van der Waals surface area contributed by atoms with Gasteiger partial charge in [0.05, 0.1) is 29.0 Å². The molecule has 1 heterocycles. The Morgan fingerprint density at radius 1 is 1.15 bits per heavy atom. The zero-order valence-corrected chi connectivity index (χ0v) is 15.9. The summed E-state index contributed by atoms with van der Waals surface area (Å²) >= 11 is 0. The molecule has 0 fully saturated rings. The van der Waals surface area contributed by atoms with Gasteiger partial charge in [-0.15, -0.1) is 0 Å². The number of benzene rings is 2. The number of aromatic nitrogens is 2. The molecule has 0 aliphatic carbocycles. The molecule has 0 bridgehead atoms. The molecule has 1 atom stereocenters. The first kappa shape index (κ1) is 19.2. The largest absolute Gasteiger partial charge is 0.397 e. The predicted octanol–water partition coefficient (Wildman–Crippen LogP) is 4.37. The highest BCUT2D eigenvalue weighted by Gasteiger charge is 2.20. The lowest BCUT2D eigenvalue weighted by Crippen LogP contribution is -2.36. The fraction of sp³-hybridized carbons (Fsp3) is 0.381. The van der Waals surface area contributed by atoms with Crippen LogP contribution in [0, 0.1) is 0 Å². The van der Waals surface area contributed by atoms with Crippen molar-refractivity contribution in [2.75, 3.05) is 23.7 Å². The molecule has 2 aromatic carbocycles. The summed E-state index contributed by atoms with van der Waals surface area (Å²) in [4.78, 5) is 11.1. The van der Waals surface area contributed by atoms with E-state index in [0.29, 0.717) is 18.8 Å². The van der Waals surface area contributed by atoms with E-state index in [1.54, 1.807) is 0 Å². The summed E-state index contributed by atoms with van der Waals surface area (Å²) in [5.41, 5.74) is 9.65. The van der Waals surface area contributed by atoms with Crippen LogP contribution in [0.1, 0.15) is 26.1 Å². The van der Waals surface area contributed by atoms with E-state index in [9.17, 15) is 4.53 Å².